The Morgan fingerprint density at radius 1 is 1.00 bits per heavy atom. The van der Waals surface area contributed by atoms with Gasteiger partial charge in [0.25, 0.3) is 5.91 Å². The molecule has 2 heteroatoms. The monoisotopic (exact) mass is 277 g/mol. The van der Waals surface area contributed by atoms with Crippen molar-refractivity contribution in [3.8, 4) is 0 Å². The highest BCUT2D eigenvalue weighted by Crippen LogP contribution is 2.22. The van der Waals surface area contributed by atoms with Crippen LogP contribution in [0.2, 0.25) is 0 Å². The Balaban J connectivity index is 1.74. The van der Waals surface area contributed by atoms with E-state index in [9.17, 15) is 4.79 Å². The Morgan fingerprint density at radius 3 is 2.38 bits per heavy atom. The third kappa shape index (κ3) is 3.22. The zero-order valence-electron chi connectivity index (χ0n) is 12.0. The molecule has 1 amide bonds. The standard InChI is InChI=1S/C19H19NO/c21-19(17-10-5-2-6-11-17)20-15-7-12-18(20)14-13-16-8-3-1-4-9-16/h1-6,8-11,13-14,18H,7,12,15H2. The van der Waals surface area contributed by atoms with Crippen molar-refractivity contribution in [1.82, 2.24) is 4.90 Å². The summed E-state index contributed by atoms with van der Waals surface area (Å²) in [4.78, 5) is 14.5. The van der Waals surface area contributed by atoms with E-state index in [0.717, 1.165) is 24.9 Å². The van der Waals surface area contributed by atoms with Crippen molar-refractivity contribution in [3.63, 3.8) is 0 Å². The SMILES string of the molecule is O=C(c1ccccc1)N1CCCC1C=Cc1ccccc1. The van der Waals surface area contributed by atoms with E-state index in [-0.39, 0.29) is 11.9 Å². The van der Waals surface area contributed by atoms with E-state index in [0.29, 0.717) is 0 Å². The van der Waals surface area contributed by atoms with E-state index in [2.05, 4.69) is 24.3 Å². The number of nitrogens with zero attached hydrogens (tertiary/aromatic N) is 1. The second-order valence-electron chi connectivity index (χ2n) is 5.34. The number of amides is 1. The van der Waals surface area contributed by atoms with Crippen LogP contribution in [0.5, 0.6) is 0 Å². The maximum absolute atomic E-state index is 12.6. The minimum Gasteiger partial charge on any atom is -0.332 e. The maximum atomic E-state index is 12.6. The summed E-state index contributed by atoms with van der Waals surface area (Å²) in [6, 6.07) is 20.0. The quantitative estimate of drug-likeness (QED) is 0.830. The predicted octanol–water partition coefficient (Wildman–Crippen LogP) is 4.00. The van der Waals surface area contributed by atoms with Gasteiger partial charge in [-0.1, -0.05) is 60.7 Å². The molecule has 1 aliphatic heterocycles. The van der Waals surface area contributed by atoms with Gasteiger partial charge in [0.1, 0.15) is 0 Å². The first-order valence-corrected chi connectivity index (χ1v) is 7.44. The summed E-state index contributed by atoms with van der Waals surface area (Å²) < 4.78 is 0. The molecule has 1 heterocycles. The molecule has 2 aromatic rings. The molecular formula is C19H19NO. The average molecular weight is 277 g/mol. The van der Waals surface area contributed by atoms with Crippen LogP contribution in [0.15, 0.2) is 66.7 Å². The number of carbonyl (C=O) groups excluding carboxylic acids is 1. The Labute approximate surface area is 125 Å². The molecule has 0 bridgehead atoms. The smallest absolute Gasteiger partial charge is 0.254 e. The van der Waals surface area contributed by atoms with Crippen LogP contribution in [0.4, 0.5) is 0 Å². The fraction of sp³-hybridized carbons (Fsp3) is 0.211. The topological polar surface area (TPSA) is 20.3 Å². The molecule has 0 spiro atoms. The molecular weight excluding hydrogens is 258 g/mol. The molecule has 1 aliphatic rings. The van der Waals surface area contributed by atoms with E-state index in [1.165, 1.54) is 5.56 Å². The van der Waals surface area contributed by atoms with Crippen LogP contribution in [-0.4, -0.2) is 23.4 Å². The summed E-state index contributed by atoms with van der Waals surface area (Å²) in [5.41, 5.74) is 1.95. The van der Waals surface area contributed by atoms with Gasteiger partial charge in [0.05, 0.1) is 6.04 Å². The van der Waals surface area contributed by atoms with Crippen LogP contribution in [-0.2, 0) is 0 Å². The molecule has 0 aliphatic carbocycles. The molecule has 0 saturated carbocycles. The molecule has 2 nitrogen and oxygen atoms in total. The molecule has 1 atom stereocenters. The van der Waals surface area contributed by atoms with Crippen molar-refractivity contribution < 1.29 is 4.79 Å². The first kappa shape index (κ1) is 13.6. The van der Waals surface area contributed by atoms with Gasteiger partial charge in [-0.25, -0.2) is 0 Å². The molecule has 3 rings (SSSR count). The zero-order chi connectivity index (χ0) is 14.5. The van der Waals surface area contributed by atoms with Crippen molar-refractivity contribution in [2.75, 3.05) is 6.54 Å². The lowest BCUT2D eigenvalue weighted by Crippen LogP contribution is -2.34. The zero-order valence-corrected chi connectivity index (χ0v) is 12.0. The van der Waals surface area contributed by atoms with Crippen molar-refractivity contribution in [3.05, 3.63) is 77.9 Å². The maximum Gasteiger partial charge on any atom is 0.254 e. The molecule has 1 saturated heterocycles. The van der Waals surface area contributed by atoms with E-state index in [1.807, 2.05) is 53.4 Å². The summed E-state index contributed by atoms with van der Waals surface area (Å²) in [6.07, 6.45) is 6.38. The molecule has 1 fully saturated rings. The molecule has 106 valence electrons. The van der Waals surface area contributed by atoms with E-state index in [1.54, 1.807) is 0 Å². The second kappa shape index (κ2) is 6.40. The highest BCUT2D eigenvalue weighted by atomic mass is 16.2. The lowest BCUT2D eigenvalue weighted by molar-refractivity contribution is 0.0762. The molecule has 0 N–H and O–H groups in total. The molecule has 1 unspecified atom stereocenters. The summed E-state index contributed by atoms with van der Waals surface area (Å²) in [5, 5.41) is 0. The fourth-order valence-corrected chi connectivity index (χ4v) is 2.78. The third-order valence-corrected chi connectivity index (χ3v) is 3.89. The van der Waals surface area contributed by atoms with Gasteiger partial charge in [-0.05, 0) is 30.5 Å². The fourth-order valence-electron chi connectivity index (χ4n) is 2.78. The van der Waals surface area contributed by atoms with Gasteiger partial charge < -0.3 is 4.90 Å². The van der Waals surface area contributed by atoms with Gasteiger partial charge in [0.15, 0.2) is 0 Å². The van der Waals surface area contributed by atoms with Gasteiger partial charge in [-0.3, -0.25) is 4.79 Å². The minimum absolute atomic E-state index is 0.135. The van der Waals surface area contributed by atoms with E-state index >= 15 is 0 Å². The van der Waals surface area contributed by atoms with Crippen molar-refractivity contribution in [2.24, 2.45) is 0 Å². The van der Waals surface area contributed by atoms with E-state index < -0.39 is 0 Å². The molecule has 2 aromatic carbocycles. The third-order valence-electron chi connectivity index (χ3n) is 3.89. The Bertz CT molecular complexity index is 619. The first-order chi connectivity index (χ1) is 10.3. The van der Waals surface area contributed by atoms with Gasteiger partial charge >= 0.3 is 0 Å². The number of hydrogen-bond donors (Lipinski definition) is 0. The Morgan fingerprint density at radius 2 is 1.67 bits per heavy atom. The van der Waals surface area contributed by atoms with Crippen LogP contribution in [0.3, 0.4) is 0 Å². The number of carbonyl (C=O) groups is 1. The average Bonchev–Trinajstić information content (AvgIpc) is 3.02. The number of rotatable bonds is 3. The number of likely N-dealkylation sites (tertiary alicyclic amines) is 1. The summed E-state index contributed by atoms with van der Waals surface area (Å²) >= 11 is 0. The molecule has 0 radical (unpaired) electrons. The molecule has 0 aromatic heterocycles. The van der Waals surface area contributed by atoms with Crippen molar-refractivity contribution in [2.45, 2.75) is 18.9 Å². The Kier molecular flexibility index (Phi) is 4.15. The van der Waals surface area contributed by atoms with Gasteiger partial charge in [0, 0.05) is 12.1 Å². The Hall–Kier alpha value is -2.35. The van der Waals surface area contributed by atoms with Crippen LogP contribution in [0.25, 0.3) is 6.08 Å². The number of hydrogen-bond acceptors (Lipinski definition) is 1. The van der Waals surface area contributed by atoms with Crippen molar-refractivity contribution in [1.29, 1.82) is 0 Å². The second-order valence-corrected chi connectivity index (χ2v) is 5.34. The summed E-state index contributed by atoms with van der Waals surface area (Å²) in [5.74, 6) is 0.135. The highest BCUT2D eigenvalue weighted by Gasteiger charge is 2.27. The van der Waals surface area contributed by atoms with Crippen LogP contribution in [0.1, 0.15) is 28.8 Å². The largest absolute Gasteiger partial charge is 0.332 e. The summed E-state index contributed by atoms with van der Waals surface area (Å²) in [6.45, 7) is 0.845. The number of benzene rings is 2. The lowest BCUT2D eigenvalue weighted by Gasteiger charge is -2.22. The summed E-state index contributed by atoms with van der Waals surface area (Å²) in [7, 11) is 0. The highest BCUT2D eigenvalue weighted by molar-refractivity contribution is 5.94. The molecule has 21 heavy (non-hydrogen) atoms. The lowest BCUT2D eigenvalue weighted by atomic mass is 10.1. The van der Waals surface area contributed by atoms with Crippen LogP contribution < -0.4 is 0 Å². The van der Waals surface area contributed by atoms with E-state index in [4.69, 9.17) is 0 Å². The minimum atomic E-state index is 0.135. The van der Waals surface area contributed by atoms with Gasteiger partial charge in [0.2, 0.25) is 0 Å². The predicted molar refractivity (Wildman–Crippen MR) is 86.0 cm³/mol. The van der Waals surface area contributed by atoms with Crippen LogP contribution in [0, 0.1) is 0 Å². The van der Waals surface area contributed by atoms with Crippen molar-refractivity contribution >= 4 is 12.0 Å². The van der Waals surface area contributed by atoms with Gasteiger partial charge in [-0.15, -0.1) is 0 Å². The normalized spacial score (nSPS) is 18.3. The first-order valence-electron chi connectivity index (χ1n) is 7.44. The van der Waals surface area contributed by atoms with Crippen LogP contribution >= 0.6 is 0 Å². The van der Waals surface area contributed by atoms with Gasteiger partial charge in [-0.2, -0.15) is 0 Å².